The first-order chi connectivity index (χ1) is 25.6. The molecule has 0 aromatic heterocycles. The average Bonchev–Trinajstić information content (AvgIpc) is 3.19. The summed E-state index contributed by atoms with van der Waals surface area (Å²) >= 11 is 0. The molecule has 2 aliphatic rings. The van der Waals surface area contributed by atoms with Crippen LogP contribution in [0.5, 0.6) is 23.0 Å². The van der Waals surface area contributed by atoms with Crippen LogP contribution in [-0.2, 0) is 12.8 Å². The van der Waals surface area contributed by atoms with E-state index >= 15 is 0 Å². The number of nitrogens with zero attached hydrogens (tertiary/aromatic N) is 2. The normalized spacial score (nSPS) is 12.6. The molecule has 0 N–H and O–H groups in total. The Bertz CT molecular complexity index is 2220. The molecule has 6 heteroatoms. The number of para-hydroxylation sites is 8. The fraction of sp³-hybridized carbons (Fsp3) is 0.0870. The summed E-state index contributed by atoms with van der Waals surface area (Å²) in [6.07, 6.45) is 1.26. The molecular formula is C46H34F2N2O2. The summed E-state index contributed by atoms with van der Waals surface area (Å²) in [4.78, 5) is 4.61. The predicted molar refractivity (Wildman–Crippen MR) is 205 cm³/mol. The molecule has 2 heterocycles. The fourth-order valence-corrected chi connectivity index (χ4v) is 7.75. The van der Waals surface area contributed by atoms with Crippen LogP contribution in [0.25, 0.3) is 22.3 Å². The monoisotopic (exact) mass is 684 g/mol. The van der Waals surface area contributed by atoms with Crippen molar-refractivity contribution in [1.82, 2.24) is 0 Å². The van der Waals surface area contributed by atoms with Crippen LogP contribution in [0.4, 0.5) is 42.9 Å². The molecule has 0 radical (unpaired) electrons. The highest BCUT2D eigenvalue weighted by Crippen LogP contribution is 2.61. The minimum absolute atomic E-state index is 0.307. The maximum atomic E-state index is 14.7. The van der Waals surface area contributed by atoms with E-state index in [0.29, 0.717) is 12.8 Å². The Morgan fingerprint density at radius 2 is 0.712 bits per heavy atom. The lowest BCUT2D eigenvalue weighted by molar-refractivity contribution is 0.477. The minimum atomic E-state index is -0.307. The molecule has 4 nitrogen and oxygen atoms in total. The summed E-state index contributed by atoms with van der Waals surface area (Å²) in [5, 5.41) is 0. The van der Waals surface area contributed by atoms with Gasteiger partial charge in [-0.25, -0.2) is 8.78 Å². The van der Waals surface area contributed by atoms with E-state index in [1.807, 2.05) is 97.1 Å². The van der Waals surface area contributed by atoms with E-state index in [1.54, 1.807) is 0 Å². The van der Waals surface area contributed by atoms with Gasteiger partial charge in [0.2, 0.25) is 0 Å². The predicted octanol–water partition coefficient (Wildman–Crippen LogP) is 13.6. The Kier molecular flexibility index (Phi) is 7.73. The van der Waals surface area contributed by atoms with Crippen LogP contribution in [0, 0.1) is 11.6 Å². The third-order valence-corrected chi connectivity index (χ3v) is 9.93. The summed E-state index contributed by atoms with van der Waals surface area (Å²) < 4.78 is 42.4. The van der Waals surface area contributed by atoms with Crippen LogP contribution < -0.4 is 19.3 Å². The maximum Gasteiger partial charge on any atom is 0.151 e. The van der Waals surface area contributed by atoms with Crippen LogP contribution in [0.15, 0.2) is 146 Å². The van der Waals surface area contributed by atoms with Crippen LogP contribution in [0.1, 0.15) is 25.0 Å². The van der Waals surface area contributed by atoms with Crippen LogP contribution in [0.2, 0.25) is 0 Å². The smallest absolute Gasteiger partial charge is 0.151 e. The van der Waals surface area contributed by atoms with Crippen LogP contribution >= 0.6 is 0 Å². The van der Waals surface area contributed by atoms with E-state index in [4.69, 9.17) is 9.47 Å². The molecule has 0 spiro atoms. The third kappa shape index (κ3) is 5.02. The van der Waals surface area contributed by atoms with Gasteiger partial charge in [-0.15, -0.1) is 0 Å². The molecule has 9 rings (SSSR count). The lowest BCUT2D eigenvalue weighted by Crippen LogP contribution is -2.23. The molecule has 7 aromatic carbocycles. The highest BCUT2D eigenvalue weighted by molar-refractivity contribution is 6.06. The Hall–Kier alpha value is -6.40. The number of ether oxygens (including phenoxy) is 2. The summed E-state index contributed by atoms with van der Waals surface area (Å²) in [6, 6.07) is 45.8. The molecule has 254 valence electrons. The SMILES string of the molecule is CCc1c(-c2ccc(F)cc2)c(N2c3ccccc3Oc3ccccc32)c(CC)c(N2c3ccccc3Oc3ccccc32)c1-c1ccc(F)cc1. The summed E-state index contributed by atoms with van der Waals surface area (Å²) in [5.74, 6) is 2.32. The second-order valence-electron chi connectivity index (χ2n) is 12.9. The van der Waals surface area contributed by atoms with E-state index in [1.165, 1.54) is 24.3 Å². The second kappa shape index (κ2) is 12.7. The molecule has 0 unspecified atom stereocenters. The molecule has 2 aliphatic heterocycles. The number of anilines is 6. The first-order valence-electron chi connectivity index (χ1n) is 17.6. The van der Waals surface area contributed by atoms with Gasteiger partial charge in [-0.1, -0.05) is 86.6 Å². The van der Waals surface area contributed by atoms with Gasteiger partial charge in [0.15, 0.2) is 23.0 Å². The van der Waals surface area contributed by atoms with Gasteiger partial charge in [0.25, 0.3) is 0 Å². The van der Waals surface area contributed by atoms with Crippen molar-refractivity contribution in [3.05, 3.63) is 168 Å². The Morgan fingerprint density at radius 3 is 1.02 bits per heavy atom. The van der Waals surface area contributed by atoms with Gasteiger partial charge in [-0.05, 0) is 102 Å². The summed E-state index contributed by atoms with van der Waals surface area (Å²) in [7, 11) is 0. The number of benzene rings is 7. The zero-order chi connectivity index (χ0) is 35.3. The highest BCUT2D eigenvalue weighted by atomic mass is 19.1. The van der Waals surface area contributed by atoms with E-state index in [-0.39, 0.29) is 11.6 Å². The minimum Gasteiger partial charge on any atom is -0.453 e. The number of hydrogen-bond donors (Lipinski definition) is 0. The van der Waals surface area contributed by atoms with Crippen LogP contribution in [0.3, 0.4) is 0 Å². The summed E-state index contributed by atoms with van der Waals surface area (Å²) in [5.41, 5.74) is 11.3. The lowest BCUT2D eigenvalue weighted by atomic mass is 9.82. The third-order valence-electron chi connectivity index (χ3n) is 9.93. The number of rotatable bonds is 6. The van der Waals surface area contributed by atoms with Crippen molar-refractivity contribution >= 4 is 34.1 Å². The topological polar surface area (TPSA) is 24.9 Å². The van der Waals surface area contributed by atoms with E-state index < -0.39 is 0 Å². The van der Waals surface area contributed by atoms with Gasteiger partial charge in [0, 0.05) is 16.7 Å². The van der Waals surface area contributed by atoms with Crippen molar-refractivity contribution in [2.24, 2.45) is 0 Å². The largest absolute Gasteiger partial charge is 0.453 e. The molecule has 0 fully saturated rings. The molecule has 0 aliphatic carbocycles. The zero-order valence-electron chi connectivity index (χ0n) is 28.7. The van der Waals surface area contributed by atoms with Crippen molar-refractivity contribution in [3.8, 4) is 45.3 Å². The second-order valence-corrected chi connectivity index (χ2v) is 12.9. The molecule has 0 bridgehead atoms. The molecule has 0 saturated carbocycles. The van der Waals surface area contributed by atoms with Crippen LogP contribution in [-0.4, -0.2) is 0 Å². The highest BCUT2D eigenvalue weighted by Gasteiger charge is 2.37. The van der Waals surface area contributed by atoms with Crippen molar-refractivity contribution < 1.29 is 18.3 Å². The number of hydrogen-bond acceptors (Lipinski definition) is 4. The number of halogens is 2. The Balaban J connectivity index is 1.51. The average molecular weight is 685 g/mol. The fourth-order valence-electron chi connectivity index (χ4n) is 7.75. The first kappa shape index (κ1) is 31.6. The van der Waals surface area contributed by atoms with Crippen molar-refractivity contribution in [2.75, 3.05) is 9.80 Å². The van der Waals surface area contributed by atoms with Crippen molar-refractivity contribution in [2.45, 2.75) is 26.7 Å². The Labute approximate surface area is 301 Å². The first-order valence-corrected chi connectivity index (χ1v) is 17.6. The number of fused-ring (bicyclic) bond motifs is 4. The van der Waals surface area contributed by atoms with Gasteiger partial charge in [0.05, 0.1) is 34.1 Å². The van der Waals surface area contributed by atoms with Gasteiger partial charge >= 0.3 is 0 Å². The maximum absolute atomic E-state index is 14.7. The molecule has 0 saturated heterocycles. The molecular weight excluding hydrogens is 651 g/mol. The molecule has 0 atom stereocenters. The van der Waals surface area contributed by atoms with Crippen molar-refractivity contribution in [3.63, 3.8) is 0 Å². The standard InChI is InChI=1S/C46H34F2N2O2/c1-3-33-43(29-21-25-31(47)26-22-29)45(49-35-13-5-9-17-39(35)51-40-18-10-6-14-36(40)49)34(4-2)46(44(33)30-23-27-32(48)28-24-30)50-37-15-7-11-19-41(37)52-42-20-12-8-16-38(42)50/h5-28H,3-4H2,1-2H3. The lowest BCUT2D eigenvalue weighted by Gasteiger charge is -2.41. The molecule has 52 heavy (non-hydrogen) atoms. The Morgan fingerprint density at radius 1 is 0.404 bits per heavy atom. The van der Waals surface area contributed by atoms with E-state index in [2.05, 4.69) is 47.9 Å². The van der Waals surface area contributed by atoms with Gasteiger partial charge in [-0.2, -0.15) is 0 Å². The molecule has 0 amide bonds. The van der Waals surface area contributed by atoms with Gasteiger partial charge in [-0.3, -0.25) is 0 Å². The molecule has 7 aromatic rings. The van der Waals surface area contributed by atoms with Gasteiger partial charge < -0.3 is 19.3 Å². The van der Waals surface area contributed by atoms with E-state index in [0.717, 1.165) is 90.5 Å². The van der Waals surface area contributed by atoms with E-state index in [9.17, 15) is 8.78 Å². The zero-order valence-corrected chi connectivity index (χ0v) is 28.7. The van der Waals surface area contributed by atoms with Crippen molar-refractivity contribution in [1.29, 1.82) is 0 Å². The summed E-state index contributed by atoms with van der Waals surface area (Å²) in [6.45, 7) is 4.32. The quantitative estimate of drug-likeness (QED) is 0.174. The van der Waals surface area contributed by atoms with Gasteiger partial charge in [0.1, 0.15) is 11.6 Å².